The van der Waals surface area contributed by atoms with Gasteiger partial charge in [-0.25, -0.2) is 10.2 Å². The number of ether oxygens (including phenoxy) is 1. The fourth-order valence-corrected chi connectivity index (χ4v) is 3.17. The number of carbonyl (C=O) groups excluding carboxylic acids is 2. The standard InChI is InChI=1S/C19H12Cl2N2O3S/c20-13-5-8-15(16(21)10-13)18(24)23-22-11-12-3-6-14(7-4-12)26-19(25)17-2-1-9-27-17/h1-11H,(H,23,24)/b22-11-. The first-order valence-electron chi connectivity index (χ1n) is 7.67. The molecule has 0 aliphatic heterocycles. The number of hydrogen-bond donors (Lipinski definition) is 1. The highest BCUT2D eigenvalue weighted by molar-refractivity contribution is 7.12. The minimum Gasteiger partial charge on any atom is -0.422 e. The minimum atomic E-state index is -0.450. The van der Waals surface area contributed by atoms with Crippen LogP contribution in [0.15, 0.2) is 65.1 Å². The normalized spacial score (nSPS) is 10.7. The first-order valence-corrected chi connectivity index (χ1v) is 9.31. The maximum atomic E-state index is 12.0. The van der Waals surface area contributed by atoms with Crippen molar-refractivity contribution in [3.05, 3.63) is 86.0 Å². The monoisotopic (exact) mass is 418 g/mol. The molecule has 1 amide bonds. The van der Waals surface area contributed by atoms with Crippen LogP contribution in [-0.2, 0) is 0 Å². The molecule has 1 aromatic heterocycles. The maximum absolute atomic E-state index is 12.0. The van der Waals surface area contributed by atoms with E-state index in [2.05, 4.69) is 10.5 Å². The molecule has 0 aliphatic carbocycles. The predicted octanol–water partition coefficient (Wildman–Crippen LogP) is 5.04. The number of rotatable bonds is 5. The van der Waals surface area contributed by atoms with Crippen molar-refractivity contribution in [1.29, 1.82) is 0 Å². The van der Waals surface area contributed by atoms with E-state index in [1.807, 2.05) is 5.38 Å². The van der Waals surface area contributed by atoms with E-state index in [9.17, 15) is 9.59 Å². The summed E-state index contributed by atoms with van der Waals surface area (Å²) in [6, 6.07) is 14.8. The molecule has 0 bridgehead atoms. The van der Waals surface area contributed by atoms with Gasteiger partial charge in [-0.3, -0.25) is 4.79 Å². The van der Waals surface area contributed by atoms with E-state index in [-0.39, 0.29) is 10.6 Å². The maximum Gasteiger partial charge on any atom is 0.353 e. The van der Waals surface area contributed by atoms with E-state index in [0.29, 0.717) is 21.2 Å². The van der Waals surface area contributed by atoms with Gasteiger partial charge < -0.3 is 4.74 Å². The molecular formula is C19H12Cl2N2O3S. The summed E-state index contributed by atoms with van der Waals surface area (Å²) in [5.74, 6) is -0.435. The number of carbonyl (C=O) groups is 2. The van der Waals surface area contributed by atoms with Crippen LogP contribution in [0.4, 0.5) is 0 Å². The molecule has 1 heterocycles. The lowest BCUT2D eigenvalue weighted by atomic mass is 10.2. The zero-order chi connectivity index (χ0) is 19.2. The number of hydrazone groups is 1. The van der Waals surface area contributed by atoms with Crippen molar-refractivity contribution in [2.45, 2.75) is 0 Å². The molecule has 0 unspecified atom stereocenters. The molecular weight excluding hydrogens is 407 g/mol. The molecule has 2 aromatic carbocycles. The first-order chi connectivity index (χ1) is 13.0. The molecule has 3 rings (SSSR count). The SMILES string of the molecule is O=C(Oc1ccc(/C=N\NC(=O)c2ccc(Cl)cc2Cl)cc1)c1cccs1. The lowest BCUT2D eigenvalue weighted by Crippen LogP contribution is -2.18. The molecule has 0 radical (unpaired) electrons. The zero-order valence-corrected chi connectivity index (χ0v) is 16.0. The van der Waals surface area contributed by atoms with E-state index in [1.165, 1.54) is 29.7 Å². The van der Waals surface area contributed by atoms with Crippen LogP contribution in [0.25, 0.3) is 0 Å². The topological polar surface area (TPSA) is 67.8 Å². The highest BCUT2D eigenvalue weighted by Gasteiger charge is 2.10. The zero-order valence-electron chi connectivity index (χ0n) is 13.7. The fourth-order valence-electron chi connectivity index (χ4n) is 2.07. The van der Waals surface area contributed by atoms with Gasteiger partial charge in [-0.1, -0.05) is 29.3 Å². The second-order valence-electron chi connectivity index (χ2n) is 5.26. The summed E-state index contributed by atoms with van der Waals surface area (Å²) in [6.45, 7) is 0. The van der Waals surface area contributed by atoms with Gasteiger partial charge in [0.2, 0.25) is 0 Å². The number of nitrogens with zero attached hydrogens (tertiary/aromatic N) is 1. The summed E-state index contributed by atoms with van der Waals surface area (Å²) < 4.78 is 5.27. The third kappa shape index (κ3) is 5.17. The van der Waals surface area contributed by atoms with Gasteiger partial charge in [0.05, 0.1) is 16.8 Å². The second kappa shape index (κ2) is 8.81. The van der Waals surface area contributed by atoms with Crippen molar-refractivity contribution in [3.8, 4) is 5.75 Å². The molecule has 5 nitrogen and oxygen atoms in total. The van der Waals surface area contributed by atoms with Crippen LogP contribution in [0.2, 0.25) is 10.0 Å². The summed E-state index contributed by atoms with van der Waals surface area (Å²) in [5, 5.41) is 6.38. The molecule has 27 heavy (non-hydrogen) atoms. The van der Waals surface area contributed by atoms with Gasteiger partial charge >= 0.3 is 5.97 Å². The molecule has 0 spiro atoms. The molecule has 3 aromatic rings. The Morgan fingerprint density at radius 1 is 1.07 bits per heavy atom. The van der Waals surface area contributed by atoms with Crippen molar-refractivity contribution in [2.24, 2.45) is 5.10 Å². The summed E-state index contributed by atoms with van der Waals surface area (Å²) in [5.41, 5.74) is 3.38. The van der Waals surface area contributed by atoms with Crippen LogP contribution in [0, 0.1) is 0 Å². The third-order valence-electron chi connectivity index (χ3n) is 3.37. The number of amides is 1. The van der Waals surface area contributed by atoms with Gasteiger partial charge in [-0.15, -0.1) is 11.3 Å². The third-order valence-corrected chi connectivity index (χ3v) is 4.77. The summed E-state index contributed by atoms with van der Waals surface area (Å²) in [6.07, 6.45) is 1.46. The first kappa shape index (κ1) is 19.1. The van der Waals surface area contributed by atoms with E-state index in [0.717, 1.165) is 0 Å². The summed E-state index contributed by atoms with van der Waals surface area (Å²) in [7, 11) is 0. The Labute approximate surface area is 169 Å². The van der Waals surface area contributed by atoms with Crippen molar-refractivity contribution in [3.63, 3.8) is 0 Å². The molecule has 8 heteroatoms. The van der Waals surface area contributed by atoms with E-state index in [1.54, 1.807) is 42.5 Å². The molecule has 0 saturated carbocycles. The molecule has 0 atom stereocenters. The highest BCUT2D eigenvalue weighted by Crippen LogP contribution is 2.21. The Morgan fingerprint density at radius 3 is 2.52 bits per heavy atom. The number of benzene rings is 2. The highest BCUT2D eigenvalue weighted by atomic mass is 35.5. The number of hydrogen-bond acceptors (Lipinski definition) is 5. The molecule has 0 fully saturated rings. The quantitative estimate of drug-likeness (QED) is 0.273. The van der Waals surface area contributed by atoms with Crippen molar-refractivity contribution in [2.75, 3.05) is 0 Å². The minimum absolute atomic E-state index is 0.243. The molecule has 136 valence electrons. The molecule has 1 N–H and O–H groups in total. The van der Waals surface area contributed by atoms with Crippen LogP contribution in [-0.4, -0.2) is 18.1 Å². The van der Waals surface area contributed by atoms with Gasteiger partial charge in [0, 0.05) is 5.02 Å². The fraction of sp³-hybridized carbons (Fsp3) is 0. The Bertz CT molecular complexity index is 987. The Kier molecular flexibility index (Phi) is 6.24. The lowest BCUT2D eigenvalue weighted by Gasteiger charge is -2.04. The largest absolute Gasteiger partial charge is 0.422 e. The smallest absolute Gasteiger partial charge is 0.353 e. The lowest BCUT2D eigenvalue weighted by molar-refractivity contribution is 0.0739. The molecule has 0 saturated heterocycles. The van der Waals surface area contributed by atoms with Crippen molar-refractivity contribution in [1.82, 2.24) is 5.43 Å². The van der Waals surface area contributed by atoms with E-state index < -0.39 is 11.9 Å². The van der Waals surface area contributed by atoms with Gasteiger partial charge in [0.1, 0.15) is 10.6 Å². The molecule has 0 aliphatic rings. The Hall–Kier alpha value is -2.67. The van der Waals surface area contributed by atoms with Crippen molar-refractivity contribution < 1.29 is 14.3 Å². The van der Waals surface area contributed by atoms with Crippen LogP contribution < -0.4 is 10.2 Å². The van der Waals surface area contributed by atoms with Crippen LogP contribution in [0.3, 0.4) is 0 Å². The number of esters is 1. The van der Waals surface area contributed by atoms with E-state index in [4.69, 9.17) is 27.9 Å². The van der Waals surface area contributed by atoms with Gasteiger partial charge in [0.25, 0.3) is 5.91 Å². The Morgan fingerprint density at radius 2 is 1.85 bits per heavy atom. The average molecular weight is 419 g/mol. The van der Waals surface area contributed by atoms with Crippen molar-refractivity contribution >= 4 is 52.6 Å². The number of halogens is 2. The number of thiophene rings is 1. The second-order valence-corrected chi connectivity index (χ2v) is 7.05. The van der Waals surface area contributed by atoms with Crippen LogP contribution in [0.1, 0.15) is 25.6 Å². The van der Waals surface area contributed by atoms with Gasteiger partial charge in [-0.2, -0.15) is 5.10 Å². The van der Waals surface area contributed by atoms with Gasteiger partial charge in [-0.05, 0) is 59.5 Å². The van der Waals surface area contributed by atoms with Crippen LogP contribution in [0.5, 0.6) is 5.75 Å². The van der Waals surface area contributed by atoms with Crippen LogP contribution >= 0.6 is 34.5 Å². The Balaban J connectivity index is 1.57. The van der Waals surface area contributed by atoms with Gasteiger partial charge in [0.15, 0.2) is 0 Å². The summed E-state index contributed by atoms with van der Waals surface area (Å²) in [4.78, 5) is 24.5. The number of nitrogens with one attached hydrogen (secondary N) is 1. The summed E-state index contributed by atoms with van der Waals surface area (Å²) >= 11 is 13.1. The van der Waals surface area contributed by atoms with E-state index >= 15 is 0 Å². The average Bonchev–Trinajstić information content (AvgIpc) is 3.18. The predicted molar refractivity (Wildman–Crippen MR) is 107 cm³/mol.